The number of anilines is 1. The second kappa shape index (κ2) is 7.38. The molecule has 2 aromatic rings. The average molecular weight is 334 g/mol. The van der Waals surface area contributed by atoms with Gasteiger partial charge in [0.25, 0.3) is 0 Å². The number of rotatable bonds is 7. The number of carbonyl (C=O) groups is 1. The van der Waals surface area contributed by atoms with Crippen LogP contribution >= 0.6 is 11.3 Å². The number of aliphatic hydroxyl groups is 1. The SMILES string of the molecule is O=C(NCC(O)COc1ccccc1)Nc1nnc(C2CC2)s1. The zero-order valence-corrected chi connectivity index (χ0v) is 13.3. The minimum Gasteiger partial charge on any atom is -0.491 e. The molecule has 3 rings (SSSR count). The molecule has 0 radical (unpaired) electrons. The summed E-state index contributed by atoms with van der Waals surface area (Å²) in [5, 5.41) is 24.4. The molecule has 1 atom stereocenters. The van der Waals surface area contributed by atoms with Gasteiger partial charge in [-0.2, -0.15) is 0 Å². The molecule has 8 heteroatoms. The van der Waals surface area contributed by atoms with Crippen molar-refractivity contribution in [2.45, 2.75) is 24.9 Å². The van der Waals surface area contributed by atoms with Gasteiger partial charge in [-0.05, 0) is 25.0 Å². The molecule has 1 aliphatic carbocycles. The number of hydrogen-bond acceptors (Lipinski definition) is 6. The Kier molecular flexibility index (Phi) is 5.04. The zero-order valence-electron chi connectivity index (χ0n) is 12.4. The van der Waals surface area contributed by atoms with Gasteiger partial charge >= 0.3 is 6.03 Å². The third-order valence-electron chi connectivity index (χ3n) is 3.27. The molecule has 23 heavy (non-hydrogen) atoms. The van der Waals surface area contributed by atoms with Crippen LogP contribution in [0.3, 0.4) is 0 Å². The van der Waals surface area contributed by atoms with Gasteiger partial charge in [-0.15, -0.1) is 10.2 Å². The number of aromatic nitrogens is 2. The summed E-state index contributed by atoms with van der Waals surface area (Å²) >= 11 is 1.39. The highest BCUT2D eigenvalue weighted by Gasteiger charge is 2.27. The summed E-state index contributed by atoms with van der Waals surface area (Å²) < 4.78 is 5.41. The molecule has 0 spiro atoms. The number of nitrogens with zero attached hydrogens (tertiary/aromatic N) is 2. The Morgan fingerprint density at radius 2 is 2.13 bits per heavy atom. The molecule has 122 valence electrons. The standard InChI is InChI=1S/C15H18N4O3S/c20-11(9-22-12-4-2-1-3-5-12)8-16-14(21)17-15-19-18-13(23-15)10-6-7-10/h1-5,10-11,20H,6-9H2,(H2,16,17,19,21). The van der Waals surface area contributed by atoms with Crippen LogP contribution in [0.1, 0.15) is 23.8 Å². The van der Waals surface area contributed by atoms with Crippen molar-refractivity contribution < 1.29 is 14.6 Å². The molecule has 1 heterocycles. The second-order valence-corrected chi connectivity index (χ2v) is 6.34. The lowest BCUT2D eigenvalue weighted by atomic mass is 10.3. The van der Waals surface area contributed by atoms with Crippen LogP contribution in [-0.4, -0.2) is 40.6 Å². The van der Waals surface area contributed by atoms with E-state index in [1.54, 1.807) is 12.1 Å². The Labute approximate surface area is 137 Å². The average Bonchev–Trinajstić information content (AvgIpc) is 3.32. The van der Waals surface area contributed by atoms with Crippen LogP contribution in [0.5, 0.6) is 5.75 Å². The fourth-order valence-corrected chi connectivity index (χ4v) is 2.81. The molecule has 3 N–H and O–H groups in total. The van der Waals surface area contributed by atoms with Crippen molar-refractivity contribution in [3.8, 4) is 5.75 Å². The fourth-order valence-electron chi connectivity index (χ4n) is 1.90. The van der Waals surface area contributed by atoms with Crippen LogP contribution in [0.4, 0.5) is 9.93 Å². The molecule has 1 aromatic carbocycles. The first kappa shape index (κ1) is 15.7. The first-order valence-electron chi connectivity index (χ1n) is 7.45. The van der Waals surface area contributed by atoms with Gasteiger partial charge in [0.05, 0.1) is 0 Å². The molecular weight excluding hydrogens is 316 g/mol. The zero-order chi connectivity index (χ0) is 16.1. The molecule has 1 aromatic heterocycles. The summed E-state index contributed by atoms with van der Waals surface area (Å²) in [6.07, 6.45) is 1.50. The van der Waals surface area contributed by atoms with E-state index in [0.717, 1.165) is 17.8 Å². The molecule has 2 amide bonds. The number of nitrogens with one attached hydrogen (secondary N) is 2. The van der Waals surface area contributed by atoms with Gasteiger partial charge in [-0.1, -0.05) is 29.5 Å². The van der Waals surface area contributed by atoms with Crippen LogP contribution in [0, 0.1) is 0 Å². The maximum atomic E-state index is 11.8. The molecule has 1 fully saturated rings. The van der Waals surface area contributed by atoms with Gasteiger partial charge in [0.1, 0.15) is 23.5 Å². The van der Waals surface area contributed by atoms with Crippen molar-refractivity contribution >= 4 is 22.5 Å². The smallest absolute Gasteiger partial charge is 0.321 e. The number of carbonyl (C=O) groups excluding carboxylic acids is 1. The fraction of sp³-hybridized carbons (Fsp3) is 0.400. The lowest BCUT2D eigenvalue weighted by Crippen LogP contribution is -2.37. The molecular formula is C15H18N4O3S. The minimum atomic E-state index is -0.794. The number of benzene rings is 1. The number of para-hydroxylation sites is 1. The summed E-state index contributed by atoms with van der Waals surface area (Å²) in [6, 6.07) is 8.79. The molecule has 0 bridgehead atoms. The molecule has 7 nitrogen and oxygen atoms in total. The van der Waals surface area contributed by atoms with Gasteiger partial charge in [0.2, 0.25) is 5.13 Å². The van der Waals surface area contributed by atoms with E-state index in [1.165, 1.54) is 11.3 Å². The number of amides is 2. The molecule has 0 saturated heterocycles. The van der Waals surface area contributed by atoms with Crippen LogP contribution in [0.25, 0.3) is 0 Å². The molecule has 1 saturated carbocycles. The van der Waals surface area contributed by atoms with Crippen molar-refractivity contribution in [2.24, 2.45) is 0 Å². The van der Waals surface area contributed by atoms with E-state index in [2.05, 4.69) is 20.8 Å². The van der Waals surface area contributed by atoms with E-state index in [4.69, 9.17) is 4.74 Å². The van der Waals surface area contributed by atoms with Crippen molar-refractivity contribution in [1.82, 2.24) is 15.5 Å². The maximum Gasteiger partial charge on any atom is 0.321 e. The summed E-state index contributed by atoms with van der Waals surface area (Å²) in [6.45, 7) is 0.196. The topological polar surface area (TPSA) is 96.4 Å². The third-order valence-corrected chi connectivity index (χ3v) is 4.27. The monoisotopic (exact) mass is 334 g/mol. The number of aliphatic hydroxyl groups excluding tert-OH is 1. The van der Waals surface area contributed by atoms with Crippen LogP contribution in [0.2, 0.25) is 0 Å². The highest BCUT2D eigenvalue weighted by Crippen LogP contribution is 2.41. The number of hydrogen-bond donors (Lipinski definition) is 3. The normalized spacial score (nSPS) is 15.0. The van der Waals surface area contributed by atoms with Crippen LogP contribution in [-0.2, 0) is 0 Å². The Balaban J connectivity index is 1.36. The Morgan fingerprint density at radius 3 is 2.87 bits per heavy atom. The Hall–Kier alpha value is -2.19. The predicted molar refractivity (Wildman–Crippen MR) is 86.8 cm³/mol. The van der Waals surface area contributed by atoms with E-state index < -0.39 is 12.1 Å². The van der Waals surface area contributed by atoms with Crippen molar-refractivity contribution in [3.05, 3.63) is 35.3 Å². The van der Waals surface area contributed by atoms with Crippen LogP contribution < -0.4 is 15.4 Å². The molecule has 1 aliphatic rings. The third kappa shape index (κ3) is 4.90. The molecule has 1 unspecified atom stereocenters. The Morgan fingerprint density at radius 1 is 1.35 bits per heavy atom. The van der Waals surface area contributed by atoms with Crippen molar-refractivity contribution in [3.63, 3.8) is 0 Å². The number of ether oxygens (including phenoxy) is 1. The molecule has 0 aliphatic heterocycles. The lowest BCUT2D eigenvalue weighted by molar-refractivity contribution is 0.108. The number of urea groups is 1. The Bertz CT molecular complexity index is 645. The predicted octanol–water partition coefficient (Wildman–Crippen LogP) is 1.98. The lowest BCUT2D eigenvalue weighted by Gasteiger charge is -2.13. The largest absolute Gasteiger partial charge is 0.491 e. The summed E-state index contributed by atoms with van der Waals surface area (Å²) in [7, 11) is 0. The quantitative estimate of drug-likeness (QED) is 0.719. The van der Waals surface area contributed by atoms with Crippen molar-refractivity contribution in [1.29, 1.82) is 0 Å². The van der Waals surface area contributed by atoms with Crippen LogP contribution in [0.15, 0.2) is 30.3 Å². The summed E-state index contributed by atoms with van der Waals surface area (Å²) in [5.41, 5.74) is 0. The van der Waals surface area contributed by atoms with Gasteiger partial charge in [0.15, 0.2) is 0 Å². The van der Waals surface area contributed by atoms with E-state index in [1.807, 2.05) is 18.2 Å². The van der Waals surface area contributed by atoms with E-state index >= 15 is 0 Å². The first-order chi connectivity index (χ1) is 11.2. The van der Waals surface area contributed by atoms with Gasteiger partial charge in [0, 0.05) is 12.5 Å². The van der Waals surface area contributed by atoms with Gasteiger partial charge < -0.3 is 15.2 Å². The highest BCUT2D eigenvalue weighted by molar-refractivity contribution is 7.15. The first-order valence-corrected chi connectivity index (χ1v) is 8.26. The van der Waals surface area contributed by atoms with Crippen molar-refractivity contribution in [2.75, 3.05) is 18.5 Å². The summed E-state index contributed by atoms with van der Waals surface area (Å²) in [5.74, 6) is 1.19. The maximum absolute atomic E-state index is 11.8. The second-order valence-electron chi connectivity index (χ2n) is 5.33. The minimum absolute atomic E-state index is 0.0902. The van der Waals surface area contributed by atoms with Gasteiger partial charge in [-0.3, -0.25) is 5.32 Å². The summed E-state index contributed by atoms with van der Waals surface area (Å²) in [4.78, 5) is 11.8. The van der Waals surface area contributed by atoms with Gasteiger partial charge in [-0.25, -0.2) is 4.79 Å². The van der Waals surface area contributed by atoms with E-state index in [9.17, 15) is 9.90 Å². The van der Waals surface area contributed by atoms with E-state index in [-0.39, 0.29) is 13.2 Å². The van der Waals surface area contributed by atoms with E-state index in [0.29, 0.717) is 16.8 Å². The highest BCUT2D eigenvalue weighted by atomic mass is 32.1.